The predicted octanol–water partition coefficient (Wildman–Crippen LogP) is 1.01. The Morgan fingerprint density at radius 2 is 2.19 bits per heavy atom. The average molecular weight is 228 g/mol. The van der Waals surface area contributed by atoms with E-state index in [2.05, 4.69) is 12.2 Å². The molecule has 1 saturated carbocycles. The molecule has 4 nitrogen and oxygen atoms in total. The highest BCUT2D eigenvalue weighted by Crippen LogP contribution is 2.24. The molecule has 1 rings (SSSR count). The molecular formula is C12H24N2O2. The quantitative estimate of drug-likeness (QED) is 0.599. The van der Waals surface area contributed by atoms with Crippen LogP contribution in [-0.2, 0) is 9.53 Å². The molecule has 1 N–H and O–H groups in total. The molecule has 1 aliphatic carbocycles. The lowest BCUT2D eigenvalue weighted by Crippen LogP contribution is -2.37. The zero-order chi connectivity index (χ0) is 11.8. The second-order valence-electron chi connectivity index (χ2n) is 4.38. The zero-order valence-electron chi connectivity index (χ0n) is 10.5. The zero-order valence-corrected chi connectivity index (χ0v) is 10.5. The Hall–Kier alpha value is -0.610. The van der Waals surface area contributed by atoms with Gasteiger partial charge in [-0.05, 0) is 19.3 Å². The van der Waals surface area contributed by atoms with Crippen molar-refractivity contribution in [2.45, 2.75) is 38.6 Å². The first kappa shape index (κ1) is 13.5. The fourth-order valence-corrected chi connectivity index (χ4v) is 1.48. The molecule has 0 aromatic carbocycles. The van der Waals surface area contributed by atoms with Crippen LogP contribution in [0.1, 0.15) is 32.6 Å². The first-order chi connectivity index (χ1) is 7.75. The minimum atomic E-state index is 0.191. The largest absolute Gasteiger partial charge is 0.380 e. The summed E-state index contributed by atoms with van der Waals surface area (Å²) in [6.07, 6.45) is 4.62. The average Bonchev–Trinajstić information content (AvgIpc) is 3.10. The summed E-state index contributed by atoms with van der Waals surface area (Å²) >= 11 is 0. The first-order valence-corrected chi connectivity index (χ1v) is 6.29. The van der Waals surface area contributed by atoms with Gasteiger partial charge in [-0.1, -0.05) is 13.3 Å². The van der Waals surface area contributed by atoms with E-state index in [4.69, 9.17) is 4.74 Å². The Morgan fingerprint density at radius 1 is 1.44 bits per heavy atom. The summed E-state index contributed by atoms with van der Waals surface area (Å²) in [6, 6.07) is 0.509. The Bertz CT molecular complexity index is 205. The molecule has 1 aliphatic rings. The van der Waals surface area contributed by atoms with Gasteiger partial charge in [-0.3, -0.25) is 4.79 Å². The van der Waals surface area contributed by atoms with Crippen molar-refractivity contribution in [3.05, 3.63) is 0 Å². The van der Waals surface area contributed by atoms with Crippen LogP contribution in [0.4, 0.5) is 0 Å². The lowest BCUT2D eigenvalue weighted by atomic mass is 10.4. The van der Waals surface area contributed by atoms with Crippen LogP contribution in [0.2, 0.25) is 0 Å². The van der Waals surface area contributed by atoms with Crippen LogP contribution in [0.25, 0.3) is 0 Å². The number of hydrogen-bond acceptors (Lipinski definition) is 3. The fourth-order valence-electron chi connectivity index (χ4n) is 1.48. The van der Waals surface area contributed by atoms with Gasteiger partial charge in [0.1, 0.15) is 0 Å². The number of amides is 1. The van der Waals surface area contributed by atoms with Crippen molar-refractivity contribution < 1.29 is 9.53 Å². The van der Waals surface area contributed by atoms with E-state index in [0.717, 1.165) is 26.0 Å². The minimum Gasteiger partial charge on any atom is -0.380 e. The first-order valence-electron chi connectivity index (χ1n) is 6.29. The molecule has 0 aromatic heterocycles. The van der Waals surface area contributed by atoms with Crippen LogP contribution >= 0.6 is 0 Å². The lowest BCUT2D eigenvalue weighted by Gasteiger charge is -2.16. The molecule has 0 heterocycles. The number of carbonyl (C=O) groups excluding carboxylic acids is 1. The highest BCUT2D eigenvalue weighted by molar-refractivity contribution is 5.78. The van der Waals surface area contributed by atoms with Gasteiger partial charge < -0.3 is 15.0 Å². The van der Waals surface area contributed by atoms with Gasteiger partial charge in [0.25, 0.3) is 0 Å². The predicted molar refractivity (Wildman–Crippen MR) is 64.4 cm³/mol. The summed E-state index contributed by atoms with van der Waals surface area (Å²) in [5.41, 5.74) is 0. The van der Waals surface area contributed by atoms with Gasteiger partial charge in [-0.2, -0.15) is 0 Å². The van der Waals surface area contributed by atoms with Crippen molar-refractivity contribution in [3.63, 3.8) is 0 Å². The maximum atomic E-state index is 11.6. The van der Waals surface area contributed by atoms with Gasteiger partial charge in [-0.25, -0.2) is 0 Å². The Labute approximate surface area is 98.3 Å². The number of carbonyl (C=O) groups is 1. The molecule has 0 radical (unpaired) electrons. The topological polar surface area (TPSA) is 41.6 Å². The third-order valence-electron chi connectivity index (χ3n) is 2.83. The maximum absolute atomic E-state index is 11.6. The number of rotatable bonds is 9. The molecule has 0 aliphatic heterocycles. The van der Waals surface area contributed by atoms with Gasteiger partial charge in [0.2, 0.25) is 5.91 Å². The van der Waals surface area contributed by atoms with Crippen LogP contribution in [0.5, 0.6) is 0 Å². The highest BCUT2D eigenvalue weighted by atomic mass is 16.5. The second kappa shape index (κ2) is 7.63. The maximum Gasteiger partial charge on any atom is 0.236 e. The monoisotopic (exact) mass is 228 g/mol. The lowest BCUT2D eigenvalue weighted by molar-refractivity contribution is -0.129. The molecule has 0 aromatic rings. The van der Waals surface area contributed by atoms with Crippen molar-refractivity contribution in [1.82, 2.24) is 10.2 Å². The van der Waals surface area contributed by atoms with Crippen molar-refractivity contribution >= 4 is 5.91 Å². The van der Waals surface area contributed by atoms with Gasteiger partial charge in [-0.15, -0.1) is 0 Å². The molecule has 0 atom stereocenters. The van der Waals surface area contributed by atoms with Crippen molar-refractivity contribution in [2.75, 3.05) is 33.4 Å². The van der Waals surface area contributed by atoms with Crippen LogP contribution < -0.4 is 5.32 Å². The number of unbranched alkanes of at least 4 members (excludes halogenated alkanes) is 1. The van der Waals surface area contributed by atoms with E-state index in [-0.39, 0.29) is 5.91 Å². The van der Waals surface area contributed by atoms with E-state index >= 15 is 0 Å². The van der Waals surface area contributed by atoms with Crippen LogP contribution in [0.3, 0.4) is 0 Å². The van der Waals surface area contributed by atoms with E-state index in [1.54, 1.807) is 0 Å². The van der Waals surface area contributed by atoms with E-state index < -0.39 is 0 Å². The normalized spacial score (nSPS) is 15.1. The molecule has 1 fully saturated rings. The number of nitrogens with zero attached hydrogens (tertiary/aromatic N) is 1. The summed E-state index contributed by atoms with van der Waals surface area (Å²) in [7, 11) is 1.89. The molecule has 0 spiro atoms. The van der Waals surface area contributed by atoms with E-state index in [1.807, 2.05) is 11.9 Å². The summed E-state index contributed by atoms with van der Waals surface area (Å²) in [4.78, 5) is 13.4. The standard InChI is InChI=1S/C12H24N2O2/c1-3-4-8-16-9-7-13-10-12(15)14(2)11-5-6-11/h11,13H,3-10H2,1-2H3. The third kappa shape index (κ3) is 5.47. The summed E-state index contributed by atoms with van der Waals surface area (Å²) in [5, 5.41) is 3.11. The minimum absolute atomic E-state index is 0.191. The molecule has 4 heteroatoms. The van der Waals surface area contributed by atoms with E-state index in [9.17, 15) is 4.79 Å². The molecular weight excluding hydrogens is 204 g/mol. The number of likely N-dealkylation sites (N-methyl/N-ethyl adjacent to an activating group) is 1. The second-order valence-corrected chi connectivity index (χ2v) is 4.38. The molecule has 0 unspecified atom stereocenters. The van der Waals surface area contributed by atoms with Crippen LogP contribution in [-0.4, -0.2) is 50.2 Å². The molecule has 0 bridgehead atoms. The summed E-state index contributed by atoms with van der Waals surface area (Å²) < 4.78 is 5.39. The van der Waals surface area contributed by atoms with Crippen LogP contribution in [0.15, 0.2) is 0 Å². The Kier molecular flexibility index (Phi) is 6.42. The van der Waals surface area contributed by atoms with Crippen molar-refractivity contribution in [2.24, 2.45) is 0 Å². The van der Waals surface area contributed by atoms with Crippen molar-refractivity contribution in [1.29, 1.82) is 0 Å². The smallest absolute Gasteiger partial charge is 0.236 e. The SMILES string of the molecule is CCCCOCCNCC(=O)N(C)C1CC1. The fraction of sp³-hybridized carbons (Fsp3) is 0.917. The van der Waals surface area contributed by atoms with E-state index in [1.165, 1.54) is 12.8 Å². The summed E-state index contributed by atoms with van der Waals surface area (Å²) in [5.74, 6) is 0.191. The number of nitrogens with one attached hydrogen (secondary N) is 1. The van der Waals surface area contributed by atoms with Crippen molar-refractivity contribution in [3.8, 4) is 0 Å². The third-order valence-corrected chi connectivity index (χ3v) is 2.83. The highest BCUT2D eigenvalue weighted by Gasteiger charge is 2.28. The van der Waals surface area contributed by atoms with Gasteiger partial charge in [0.05, 0.1) is 13.2 Å². The van der Waals surface area contributed by atoms with Crippen LogP contribution in [0, 0.1) is 0 Å². The number of ether oxygens (including phenoxy) is 1. The van der Waals surface area contributed by atoms with Gasteiger partial charge >= 0.3 is 0 Å². The van der Waals surface area contributed by atoms with Gasteiger partial charge in [0.15, 0.2) is 0 Å². The Balaban J connectivity index is 1.88. The molecule has 1 amide bonds. The van der Waals surface area contributed by atoms with Gasteiger partial charge in [0, 0.05) is 26.2 Å². The Morgan fingerprint density at radius 3 is 2.81 bits per heavy atom. The molecule has 0 saturated heterocycles. The summed E-state index contributed by atoms with van der Waals surface area (Å²) in [6.45, 7) is 4.86. The molecule has 94 valence electrons. The van der Waals surface area contributed by atoms with E-state index in [0.29, 0.717) is 19.2 Å². The molecule has 16 heavy (non-hydrogen) atoms. The number of hydrogen-bond donors (Lipinski definition) is 1.